The van der Waals surface area contributed by atoms with Gasteiger partial charge in [0.1, 0.15) is 17.3 Å². The molecule has 0 N–H and O–H groups in total. The number of nitrogens with zero attached hydrogens (tertiary/aromatic N) is 1. The Kier molecular flexibility index (Phi) is 4.91. The molecule has 1 aliphatic rings. The van der Waals surface area contributed by atoms with Crippen LogP contribution in [0.15, 0.2) is 48.5 Å². The molecule has 2 aromatic rings. The fourth-order valence-corrected chi connectivity index (χ4v) is 2.77. The summed E-state index contributed by atoms with van der Waals surface area (Å²) in [6, 6.07) is 13.6. The summed E-state index contributed by atoms with van der Waals surface area (Å²) in [4.78, 5) is 14.0. The number of rotatable bonds is 4. The van der Waals surface area contributed by atoms with E-state index in [2.05, 4.69) is 0 Å². The molecule has 1 heterocycles. The maximum absolute atomic E-state index is 12.9. The molecular formula is C19H20FNO2. The third kappa shape index (κ3) is 4.31. The third-order valence-corrected chi connectivity index (χ3v) is 3.99. The van der Waals surface area contributed by atoms with Crippen LogP contribution in [0.4, 0.5) is 4.39 Å². The minimum Gasteiger partial charge on any atom is -0.457 e. The largest absolute Gasteiger partial charge is 0.457 e. The Morgan fingerprint density at radius 2 is 1.83 bits per heavy atom. The normalized spacial score (nSPS) is 15.3. The van der Waals surface area contributed by atoms with E-state index in [0.29, 0.717) is 24.5 Å². The van der Waals surface area contributed by atoms with Crippen LogP contribution in [0.3, 0.4) is 0 Å². The smallest absolute Gasteiger partial charge is 0.222 e. The van der Waals surface area contributed by atoms with Crippen LogP contribution in [-0.2, 0) is 11.3 Å². The number of halogens is 1. The molecule has 0 bridgehead atoms. The molecule has 4 heteroatoms. The zero-order valence-corrected chi connectivity index (χ0v) is 13.0. The maximum Gasteiger partial charge on any atom is 0.222 e. The second-order valence-electron chi connectivity index (χ2n) is 5.83. The van der Waals surface area contributed by atoms with Gasteiger partial charge in [0.2, 0.25) is 5.91 Å². The monoisotopic (exact) mass is 313 g/mol. The lowest BCUT2D eigenvalue weighted by Crippen LogP contribution is -2.29. The molecule has 0 radical (unpaired) electrons. The van der Waals surface area contributed by atoms with Crippen molar-refractivity contribution in [2.75, 3.05) is 6.54 Å². The van der Waals surface area contributed by atoms with Gasteiger partial charge in [-0.15, -0.1) is 0 Å². The van der Waals surface area contributed by atoms with Crippen LogP contribution in [0.5, 0.6) is 11.5 Å². The van der Waals surface area contributed by atoms with Crippen molar-refractivity contribution in [3.05, 3.63) is 59.9 Å². The molecule has 1 aliphatic heterocycles. The number of benzene rings is 2. The number of carbonyl (C=O) groups excluding carboxylic acids is 1. The molecule has 120 valence electrons. The van der Waals surface area contributed by atoms with E-state index in [0.717, 1.165) is 31.4 Å². The summed E-state index contributed by atoms with van der Waals surface area (Å²) in [5, 5.41) is 0. The molecule has 0 atom stereocenters. The Hall–Kier alpha value is -2.36. The molecule has 1 amide bonds. The van der Waals surface area contributed by atoms with Crippen molar-refractivity contribution < 1.29 is 13.9 Å². The molecule has 0 unspecified atom stereocenters. The minimum atomic E-state index is -0.286. The summed E-state index contributed by atoms with van der Waals surface area (Å²) in [5.41, 5.74) is 1.04. The van der Waals surface area contributed by atoms with Crippen LogP contribution in [0.1, 0.15) is 31.2 Å². The first kappa shape index (κ1) is 15.5. The Balaban J connectivity index is 1.69. The molecule has 3 rings (SSSR count). The van der Waals surface area contributed by atoms with Crippen molar-refractivity contribution in [1.82, 2.24) is 4.90 Å². The van der Waals surface area contributed by atoms with E-state index < -0.39 is 0 Å². The number of hydrogen-bond acceptors (Lipinski definition) is 2. The minimum absolute atomic E-state index is 0.229. The van der Waals surface area contributed by atoms with Crippen molar-refractivity contribution in [1.29, 1.82) is 0 Å². The molecular weight excluding hydrogens is 293 g/mol. The van der Waals surface area contributed by atoms with Crippen LogP contribution in [0, 0.1) is 5.82 Å². The average molecular weight is 313 g/mol. The second-order valence-corrected chi connectivity index (χ2v) is 5.83. The van der Waals surface area contributed by atoms with Crippen molar-refractivity contribution in [3.63, 3.8) is 0 Å². The zero-order chi connectivity index (χ0) is 16.1. The molecule has 0 saturated carbocycles. The number of hydrogen-bond donors (Lipinski definition) is 0. The van der Waals surface area contributed by atoms with Gasteiger partial charge in [0.05, 0.1) is 0 Å². The number of ether oxygens (including phenoxy) is 1. The first-order chi connectivity index (χ1) is 11.2. The van der Waals surface area contributed by atoms with Gasteiger partial charge in [0.15, 0.2) is 0 Å². The van der Waals surface area contributed by atoms with Gasteiger partial charge < -0.3 is 9.64 Å². The molecule has 3 nitrogen and oxygen atoms in total. The first-order valence-corrected chi connectivity index (χ1v) is 8.01. The zero-order valence-electron chi connectivity index (χ0n) is 13.0. The Morgan fingerprint density at radius 1 is 1.00 bits per heavy atom. The maximum atomic E-state index is 12.9. The predicted octanol–water partition coefficient (Wildman–Crippen LogP) is 4.52. The first-order valence-electron chi connectivity index (χ1n) is 8.01. The molecule has 0 spiro atoms. The van der Waals surface area contributed by atoms with Gasteiger partial charge in [0, 0.05) is 19.5 Å². The summed E-state index contributed by atoms with van der Waals surface area (Å²) in [5.74, 6) is 1.23. The second kappa shape index (κ2) is 7.27. The molecule has 1 fully saturated rings. The number of amides is 1. The van der Waals surface area contributed by atoms with Crippen LogP contribution >= 0.6 is 0 Å². The van der Waals surface area contributed by atoms with E-state index in [1.54, 1.807) is 12.1 Å². The van der Waals surface area contributed by atoms with Crippen LogP contribution < -0.4 is 4.74 Å². The summed E-state index contributed by atoms with van der Waals surface area (Å²) >= 11 is 0. The van der Waals surface area contributed by atoms with Gasteiger partial charge in [-0.1, -0.05) is 18.6 Å². The molecule has 1 saturated heterocycles. The Bertz CT molecular complexity index is 669. The van der Waals surface area contributed by atoms with E-state index >= 15 is 0 Å². The van der Waals surface area contributed by atoms with E-state index in [9.17, 15) is 9.18 Å². The summed E-state index contributed by atoms with van der Waals surface area (Å²) in [6.45, 7) is 1.43. The highest BCUT2D eigenvalue weighted by molar-refractivity contribution is 5.76. The lowest BCUT2D eigenvalue weighted by molar-refractivity contribution is -0.131. The Labute approximate surface area is 135 Å². The van der Waals surface area contributed by atoms with Crippen LogP contribution in [-0.4, -0.2) is 17.4 Å². The molecule has 2 aromatic carbocycles. The molecule has 0 aliphatic carbocycles. The van der Waals surface area contributed by atoms with Gasteiger partial charge in [-0.05, 0) is 54.8 Å². The summed E-state index contributed by atoms with van der Waals surface area (Å²) in [7, 11) is 0. The van der Waals surface area contributed by atoms with E-state index in [-0.39, 0.29) is 11.7 Å². The van der Waals surface area contributed by atoms with E-state index in [1.807, 2.05) is 29.2 Å². The third-order valence-electron chi connectivity index (χ3n) is 3.99. The lowest BCUT2D eigenvalue weighted by Gasteiger charge is -2.20. The quantitative estimate of drug-likeness (QED) is 0.830. The van der Waals surface area contributed by atoms with Crippen molar-refractivity contribution in [3.8, 4) is 11.5 Å². The standard InChI is InChI=1S/C19H20FNO2/c20-16-8-10-17(11-9-16)23-18-6-4-5-15(13-18)14-21-12-3-1-2-7-19(21)22/h4-6,8-11,13H,1-3,7,12,14H2. The van der Waals surface area contributed by atoms with Crippen LogP contribution in [0.25, 0.3) is 0 Å². The van der Waals surface area contributed by atoms with E-state index in [1.165, 1.54) is 12.1 Å². The topological polar surface area (TPSA) is 29.5 Å². The highest BCUT2D eigenvalue weighted by atomic mass is 19.1. The molecule has 0 aromatic heterocycles. The summed E-state index contributed by atoms with van der Waals surface area (Å²) < 4.78 is 18.7. The Morgan fingerprint density at radius 3 is 2.65 bits per heavy atom. The van der Waals surface area contributed by atoms with Crippen molar-refractivity contribution in [2.24, 2.45) is 0 Å². The summed E-state index contributed by atoms with van der Waals surface area (Å²) in [6.07, 6.45) is 3.82. The van der Waals surface area contributed by atoms with Gasteiger partial charge in [-0.25, -0.2) is 4.39 Å². The van der Waals surface area contributed by atoms with Gasteiger partial charge in [-0.2, -0.15) is 0 Å². The van der Waals surface area contributed by atoms with Crippen LogP contribution in [0.2, 0.25) is 0 Å². The highest BCUT2D eigenvalue weighted by Gasteiger charge is 2.16. The average Bonchev–Trinajstić information content (AvgIpc) is 2.75. The predicted molar refractivity (Wildman–Crippen MR) is 86.8 cm³/mol. The number of likely N-dealkylation sites (tertiary alicyclic amines) is 1. The fourth-order valence-electron chi connectivity index (χ4n) is 2.77. The number of carbonyl (C=O) groups is 1. The highest BCUT2D eigenvalue weighted by Crippen LogP contribution is 2.23. The van der Waals surface area contributed by atoms with Crippen molar-refractivity contribution >= 4 is 5.91 Å². The fraction of sp³-hybridized carbons (Fsp3) is 0.316. The SMILES string of the molecule is O=C1CCCCCN1Cc1cccc(Oc2ccc(F)cc2)c1. The van der Waals surface area contributed by atoms with E-state index in [4.69, 9.17) is 4.74 Å². The lowest BCUT2D eigenvalue weighted by atomic mass is 10.2. The van der Waals surface area contributed by atoms with Gasteiger partial charge in [0.25, 0.3) is 0 Å². The molecule has 23 heavy (non-hydrogen) atoms. The van der Waals surface area contributed by atoms with Crippen molar-refractivity contribution in [2.45, 2.75) is 32.2 Å². The van der Waals surface area contributed by atoms with Gasteiger partial charge >= 0.3 is 0 Å². The van der Waals surface area contributed by atoms with Gasteiger partial charge in [-0.3, -0.25) is 4.79 Å².